The molecule has 2 aromatic rings. The van der Waals surface area contributed by atoms with Crippen molar-refractivity contribution in [3.63, 3.8) is 0 Å². The maximum atomic E-state index is 13.7. The summed E-state index contributed by atoms with van der Waals surface area (Å²) in [5, 5.41) is 25.8. The van der Waals surface area contributed by atoms with Crippen LogP contribution in [-0.4, -0.2) is 72.3 Å². The predicted molar refractivity (Wildman–Crippen MR) is 119 cm³/mol. The lowest BCUT2D eigenvalue weighted by Gasteiger charge is -2.35. The number of sulfonamides is 1. The van der Waals surface area contributed by atoms with Crippen LogP contribution < -0.4 is 19.1 Å². The van der Waals surface area contributed by atoms with Gasteiger partial charge in [0.2, 0.25) is 0 Å². The molecule has 0 spiro atoms. The summed E-state index contributed by atoms with van der Waals surface area (Å²) in [5.41, 5.74) is -1.30. The summed E-state index contributed by atoms with van der Waals surface area (Å²) in [6.07, 6.45) is 0.669. The van der Waals surface area contributed by atoms with Crippen LogP contribution in [-0.2, 0) is 14.8 Å². The normalized spacial score (nSPS) is 16.3. The van der Waals surface area contributed by atoms with Gasteiger partial charge in [0.1, 0.15) is 24.1 Å². The second-order valence-electron chi connectivity index (χ2n) is 8.38. The quantitative estimate of drug-likeness (QED) is 0.469. The molecule has 0 unspecified atom stereocenters. The van der Waals surface area contributed by atoms with E-state index in [1.165, 1.54) is 30.8 Å². The molecule has 0 saturated carbocycles. The van der Waals surface area contributed by atoms with E-state index in [1.807, 2.05) is 13.8 Å². The number of rotatable bonds is 9. The Morgan fingerprint density at radius 2 is 2.18 bits per heavy atom. The molecule has 3 rings (SSSR count). The van der Waals surface area contributed by atoms with Crippen molar-refractivity contribution in [3.8, 4) is 11.6 Å². The zero-order chi connectivity index (χ0) is 24.4. The second kappa shape index (κ2) is 9.57. The average molecular weight is 482 g/mol. The molecule has 2 heterocycles. The largest absolute Gasteiger partial charge is 0.484 e. The molecular formula is C21H29N4O7S. The van der Waals surface area contributed by atoms with E-state index in [-0.39, 0.29) is 48.8 Å². The average Bonchev–Trinajstić information content (AvgIpc) is 3.20. The fourth-order valence-electron chi connectivity index (χ4n) is 3.12. The molecule has 3 N–H and O–H groups in total. The maximum absolute atomic E-state index is 13.7. The minimum atomic E-state index is -4.17. The van der Waals surface area contributed by atoms with E-state index in [9.17, 15) is 18.3 Å². The molecule has 0 saturated heterocycles. The SMILES string of the molecule is CC(C)n1cc(S(=O)(=O)N2C[C@H](CNC(=O)C(C)(C)O)Oc3cc[c]cc32)c(OCCO)n1. The van der Waals surface area contributed by atoms with E-state index in [0.717, 1.165) is 4.31 Å². The number of hydrogen-bond acceptors (Lipinski definition) is 8. The van der Waals surface area contributed by atoms with Gasteiger partial charge in [-0.15, -0.1) is 5.10 Å². The fraction of sp³-hybridized carbons (Fsp3) is 0.524. The Kier molecular flexibility index (Phi) is 7.20. The number of anilines is 1. The van der Waals surface area contributed by atoms with Gasteiger partial charge in [-0.1, -0.05) is 6.07 Å². The van der Waals surface area contributed by atoms with Crippen LogP contribution in [0.15, 0.2) is 29.3 Å². The van der Waals surface area contributed by atoms with Crippen molar-refractivity contribution in [3.05, 3.63) is 30.5 Å². The number of aromatic nitrogens is 2. The highest BCUT2D eigenvalue weighted by Crippen LogP contribution is 2.38. The molecule has 12 heteroatoms. The second-order valence-corrected chi connectivity index (χ2v) is 10.2. The molecule has 1 aromatic heterocycles. The van der Waals surface area contributed by atoms with Crippen molar-refractivity contribution in [1.82, 2.24) is 15.1 Å². The number of aliphatic hydroxyl groups is 2. The minimum Gasteiger partial charge on any atom is -0.484 e. The molecule has 1 aliphatic heterocycles. The van der Waals surface area contributed by atoms with Crippen molar-refractivity contribution < 1.29 is 32.9 Å². The van der Waals surface area contributed by atoms with Crippen LogP contribution in [0.25, 0.3) is 0 Å². The Labute approximate surface area is 193 Å². The number of fused-ring (bicyclic) bond motifs is 1. The number of hydrogen-bond donors (Lipinski definition) is 3. The van der Waals surface area contributed by atoms with Crippen molar-refractivity contribution in [2.45, 2.75) is 50.3 Å². The maximum Gasteiger partial charge on any atom is 0.271 e. The van der Waals surface area contributed by atoms with Crippen molar-refractivity contribution in [1.29, 1.82) is 0 Å². The van der Waals surface area contributed by atoms with Crippen LogP contribution >= 0.6 is 0 Å². The molecule has 0 bridgehead atoms. The van der Waals surface area contributed by atoms with Gasteiger partial charge in [-0.05, 0) is 45.9 Å². The first-order chi connectivity index (χ1) is 15.4. The molecule has 181 valence electrons. The van der Waals surface area contributed by atoms with Gasteiger partial charge in [-0.2, -0.15) is 0 Å². The Morgan fingerprint density at radius 3 is 2.82 bits per heavy atom. The summed E-state index contributed by atoms with van der Waals surface area (Å²) in [4.78, 5) is 11.9. The van der Waals surface area contributed by atoms with Crippen molar-refractivity contribution in [2.24, 2.45) is 0 Å². The molecule has 1 amide bonds. The van der Waals surface area contributed by atoms with E-state index < -0.39 is 27.6 Å². The van der Waals surface area contributed by atoms with Gasteiger partial charge in [-0.25, -0.2) is 8.42 Å². The monoisotopic (exact) mass is 481 g/mol. The van der Waals surface area contributed by atoms with Crippen LogP contribution in [0.4, 0.5) is 5.69 Å². The molecular weight excluding hydrogens is 452 g/mol. The summed E-state index contributed by atoms with van der Waals surface area (Å²) < 4.78 is 41.4. The first kappa shape index (κ1) is 24.8. The van der Waals surface area contributed by atoms with E-state index >= 15 is 0 Å². The number of nitrogens with one attached hydrogen (secondary N) is 1. The van der Waals surface area contributed by atoms with Crippen LogP contribution in [0.5, 0.6) is 11.6 Å². The van der Waals surface area contributed by atoms with Gasteiger partial charge in [0.05, 0.1) is 25.4 Å². The van der Waals surface area contributed by atoms with Crippen LogP contribution in [0.3, 0.4) is 0 Å². The molecule has 0 aliphatic carbocycles. The lowest BCUT2D eigenvalue weighted by Crippen LogP contribution is -2.51. The molecule has 0 fully saturated rings. The Morgan fingerprint density at radius 1 is 1.45 bits per heavy atom. The van der Waals surface area contributed by atoms with Gasteiger partial charge in [-0.3, -0.25) is 13.8 Å². The molecule has 1 atom stereocenters. The number of aliphatic hydroxyl groups excluding tert-OH is 1. The van der Waals surface area contributed by atoms with E-state index in [2.05, 4.69) is 16.5 Å². The highest BCUT2D eigenvalue weighted by molar-refractivity contribution is 7.93. The van der Waals surface area contributed by atoms with Crippen molar-refractivity contribution >= 4 is 21.6 Å². The number of nitrogens with zero attached hydrogens (tertiary/aromatic N) is 3. The third kappa shape index (κ3) is 5.40. The standard InChI is InChI=1S/C21H29N4O7S/c1-14(2)24-13-18(19(23-24)31-10-9-26)33(29,30)25-12-15(11-22-20(27)21(3,4)28)32-17-8-6-5-7-16(17)25/h6-8,13-15,26,28H,9-12H2,1-4H3,(H,22,27)/t15-/m0/s1. The number of amides is 1. The lowest BCUT2D eigenvalue weighted by molar-refractivity contribution is -0.136. The number of ether oxygens (including phenoxy) is 2. The summed E-state index contributed by atoms with van der Waals surface area (Å²) in [6.45, 7) is 5.86. The Hall–Kier alpha value is -2.83. The van der Waals surface area contributed by atoms with Gasteiger partial charge in [0, 0.05) is 12.2 Å². The van der Waals surface area contributed by atoms with E-state index in [1.54, 1.807) is 12.1 Å². The van der Waals surface area contributed by atoms with E-state index in [0.29, 0.717) is 5.75 Å². The topological polar surface area (TPSA) is 143 Å². The van der Waals surface area contributed by atoms with Crippen molar-refractivity contribution in [2.75, 3.05) is 30.6 Å². The third-order valence-electron chi connectivity index (χ3n) is 4.87. The van der Waals surface area contributed by atoms with Crippen LogP contribution in [0.2, 0.25) is 0 Å². The van der Waals surface area contributed by atoms with Gasteiger partial charge < -0.3 is 25.0 Å². The highest BCUT2D eigenvalue weighted by atomic mass is 32.2. The summed E-state index contributed by atoms with van der Waals surface area (Å²) >= 11 is 0. The first-order valence-corrected chi connectivity index (χ1v) is 11.9. The van der Waals surface area contributed by atoms with Crippen LogP contribution in [0, 0.1) is 6.07 Å². The lowest BCUT2D eigenvalue weighted by atomic mass is 10.1. The molecule has 33 heavy (non-hydrogen) atoms. The smallest absolute Gasteiger partial charge is 0.271 e. The molecule has 11 nitrogen and oxygen atoms in total. The Balaban J connectivity index is 1.97. The minimum absolute atomic E-state index is 0.0218. The molecule has 1 radical (unpaired) electrons. The first-order valence-electron chi connectivity index (χ1n) is 10.5. The number of carbonyl (C=O) groups excluding carboxylic acids is 1. The van der Waals surface area contributed by atoms with Gasteiger partial charge in [0.25, 0.3) is 21.8 Å². The van der Waals surface area contributed by atoms with Gasteiger partial charge in [0.15, 0.2) is 4.90 Å². The highest BCUT2D eigenvalue weighted by Gasteiger charge is 2.38. The summed E-state index contributed by atoms with van der Waals surface area (Å²) in [6, 6.07) is 7.41. The predicted octanol–water partition coefficient (Wildman–Crippen LogP) is 0.479. The third-order valence-corrected chi connectivity index (χ3v) is 6.64. The summed E-state index contributed by atoms with van der Waals surface area (Å²) in [7, 11) is -4.17. The molecule has 1 aliphatic rings. The zero-order valence-electron chi connectivity index (χ0n) is 19.0. The number of carbonyl (C=O) groups is 1. The fourth-order valence-corrected chi connectivity index (χ4v) is 4.68. The zero-order valence-corrected chi connectivity index (χ0v) is 19.8. The van der Waals surface area contributed by atoms with Gasteiger partial charge >= 0.3 is 0 Å². The Bertz CT molecular complexity index is 1090. The number of benzene rings is 1. The van der Waals surface area contributed by atoms with Crippen LogP contribution in [0.1, 0.15) is 33.7 Å². The van der Waals surface area contributed by atoms with E-state index in [4.69, 9.17) is 14.6 Å². The summed E-state index contributed by atoms with van der Waals surface area (Å²) in [5.74, 6) is -0.414. The molecule has 1 aromatic carbocycles.